The Morgan fingerprint density at radius 1 is 1.00 bits per heavy atom. The maximum Gasteiger partial charge on any atom is 0.221 e. The number of carbonyl (C=O) groups is 1. The fourth-order valence-electron chi connectivity index (χ4n) is 4.07. The van der Waals surface area contributed by atoms with E-state index in [1.807, 2.05) is 60.7 Å². The normalized spacial score (nSPS) is 27.6. The Kier molecular flexibility index (Phi) is 6.69. The summed E-state index contributed by atoms with van der Waals surface area (Å²) >= 11 is 0. The van der Waals surface area contributed by atoms with Crippen molar-refractivity contribution in [3.63, 3.8) is 0 Å². The molecule has 0 bridgehead atoms. The van der Waals surface area contributed by atoms with E-state index in [0.717, 1.165) is 11.1 Å². The van der Waals surface area contributed by atoms with Crippen LogP contribution in [0.2, 0.25) is 0 Å². The molecule has 4 rings (SSSR count). The number of rotatable bonds is 8. The second-order valence-electron chi connectivity index (χ2n) is 8.50. The molecule has 5 atom stereocenters. The Morgan fingerprint density at radius 2 is 1.61 bits per heavy atom. The van der Waals surface area contributed by atoms with E-state index in [1.54, 1.807) is 13.8 Å². The lowest BCUT2D eigenvalue weighted by atomic mass is 9.99. The maximum atomic E-state index is 12.7. The number of hydrogen-bond acceptors (Lipinski definition) is 6. The first-order valence-electron chi connectivity index (χ1n) is 10.7. The fraction of sp³-hybridized carbons (Fsp3) is 0.458. The van der Waals surface area contributed by atoms with Gasteiger partial charge < -0.3 is 30.0 Å². The molecular formula is C24H30N2O5. The summed E-state index contributed by atoms with van der Waals surface area (Å²) < 4.78 is 17.6. The number of carbonyl (C=O) groups excluding carboxylic acids is 1. The summed E-state index contributed by atoms with van der Waals surface area (Å²) in [7, 11) is 0. The highest BCUT2D eigenvalue weighted by Gasteiger charge is 2.56. The van der Waals surface area contributed by atoms with Crippen LogP contribution in [0.25, 0.3) is 0 Å². The summed E-state index contributed by atoms with van der Waals surface area (Å²) in [6.45, 7) is 4.58. The molecule has 0 saturated carbocycles. The van der Waals surface area contributed by atoms with Gasteiger partial charge in [0, 0.05) is 25.6 Å². The number of amides is 1. The molecule has 0 aliphatic carbocycles. The summed E-state index contributed by atoms with van der Waals surface area (Å²) in [6.07, 6.45) is -2.60. The zero-order valence-electron chi connectivity index (χ0n) is 17.9. The monoisotopic (exact) mass is 426 g/mol. The Labute approximate surface area is 182 Å². The number of fused-ring (bicyclic) bond motifs is 1. The minimum atomic E-state index is -0.901. The minimum Gasteiger partial charge on any atom is -0.387 e. The molecule has 2 aromatic rings. The van der Waals surface area contributed by atoms with Gasteiger partial charge in [0.1, 0.15) is 18.3 Å². The number of nitrogens with one attached hydrogen (secondary N) is 2. The number of aliphatic hydroxyl groups is 1. The lowest BCUT2D eigenvalue weighted by Crippen LogP contribution is -2.49. The van der Waals surface area contributed by atoms with Crippen LogP contribution >= 0.6 is 0 Å². The third-order valence-corrected chi connectivity index (χ3v) is 5.60. The molecule has 2 heterocycles. The van der Waals surface area contributed by atoms with Crippen molar-refractivity contribution in [2.24, 2.45) is 0 Å². The van der Waals surface area contributed by atoms with Gasteiger partial charge in [0.15, 0.2) is 12.1 Å². The van der Waals surface area contributed by atoms with Gasteiger partial charge in [0.05, 0.1) is 0 Å². The SMILES string of the molecule is CC1(C)O[C@H]2O[C@H]([C@@H](CC(=O)NCc3ccccc3)NCc3ccccc3)[C@H](O)[C@H]2O1. The van der Waals surface area contributed by atoms with Gasteiger partial charge in [-0.15, -0.1) is 0 Å². The molecule has 0 aromatic heterocycles. The van der Waals surface area contributed by atoms with Crippen LogP contribution in [0.3, 0.4) is 0 Å². The molecule has 1 amide bonds. The molecule has 0 radical (unpaired) electrons. The van der Waals surface area contributed by atoms with Crippen molar-refractivity contribution in [2.45, 2.75) is 69.8 Å². The van der Waals surface area contributed by atoms with Crippen LogP contribution < -0.4 is 10.6 Å². The molecule has 2 saturated heterocycles. The molecular weight excluding hydrogens is 396 g/mol. The van der Waals surface area contributed by atoms with Gasteiger partial charge in [-0.05, 0) is 25.0 Å². The summed E-state index contributed by atoms with van der Waals surface area (Å²) in [5.41, 5.74) is 2.11. The lowest BCUT2D eigenvalue weighted by Gasteiger charge is -2.29. The highest BCUT2D eigenvalue weighted by molar-refractivity contribution is 5.76. The van der Waals surface area contributed by atoms with Gasteiger partial charge in [-0.2, -0.15) is 0 Å². The molecule has 7 heteroatoms. The smallest absolute Gasteiger partial charge is 0.221 e. The fourth-order valence-corrected chi connectivity index (χ4v) is 4.07. The van der Waals surface area contributed by atoms with Gasteiger partial charge in [0.2, 0.25) is 5.91 Å². The van der Waals surface area contributed by atoms with Gasteiger partial charge in [-0.1, -0.05) is 60.7 Å². The van der Waals surface area contributed by atoms with Crippen molar-refractivity contribution >= 4 is 5.91 Å². The van der Waals surface area contributed by atoms with Crippen molar-refractivity contribution in [3.05, 3.63) is 71.8 Å². The van der Waals surface area contributed by atoms with Crippen LogP contribution in [0.1, 0.15) is 31.4 Å². The van der Waals surface area contributed by atoms with Crippen LogP contribution in [0.4, 0.5) is 0 Å². The van der Waals surface area contributed by atoms with Crippen molar-refractivity contribution in [2.75, 3.05) is 0 Å². The predicted molar refractivity (Wildman–Crippen MR) is 115 cm³/mol. The molecule has 7 nitrogen and oxygen atoms in total. The van der Waals surface area contributed by atoms with Crippen LogP contribution in [-0.4, -0.2) is 47.4 Å². The van der Waals surface area contributed by atoms with Crippen molar-refractivity contribution in [3.8, 4) is 0 Å². The minimum absolute atomic E-state index is 0.121. The Morgan fingerprint density at radius 3 is 2.23 bits per heavy atom. The zero-order chi connectivity index (χ0) is 21.8. The highest BCUT2D eigenvalue weighted by atomic mass is 16.8. The number of benzene rings is 2. The summed E-state index contributed by atoms with van der Waals surface area (Å²) in [5.74, 6) is -0.925. The van der Waals surface area contributed by atoms with E-state index in [4.69, 9.17) is 14.2 Å². The number of aliphatic hydroxyl groups excluding tert-OH is 1. The van der Waals surface area contributed by atoms with Crippen molar-refractivity contribution in [1.82, 2.24) is 10.6 Å². The van der Waals surface area contributed by atoms with Crippen molar-refractivity contribution in [1.29, 1.82) is 0 Å². The highest BCUT2D eigenvalue weighted by Crippen LogP contribution is 2.38. The third-order valence-electron chi connectivity index (χ3n) is 5.60. The molecule has 2 aliphatic heterocycles. The van der Waals surface area contributed by atoms with Gasteiger partial charge in [0.25, 0.3) is 0 Å². The first-order chi connectivity index (χ1) is 14.9. The first kappa shape index (κ1) is 21.9. The second kappa shape index (κ2) is 9.46. The third kappa shape index (κ3) is 5.50. The van der Waals surface area contributed by atoms with Crippen LogP contribution in [-0.2, 0) is 32.1 Å². The largest absolute Gasteiger partial charge is 0.387 e. The number of ether oxygens (including phenoxy) is 3. The Bertz CT molecular complexity index is 861. The predicted octanol–water partition coefficient (Wildman–Crippen LogP) is 2.09. The zero-order valence-corrected chi connectivity index (χ0v) is 17.9. The quantitative estimate of drug-likeness (QED) is 0.599. The van der Waals surface area contributed by atoms with E-state index in [9.17, 15) is 9.90 Å². The van der Waals surface area contributed by atoms with E-state index in [2.05, 4.69) is 10.6 Å². The molecule has 0 unspecified atom stereocenters. The average molecular weight is 427 g/mol. The standard InChI is InChI=1S/C24H30N2O5/c1-24(2)30-22-20(28)21(29-23(22)31-24)18(25-14-16-9-5-3-6-10-16)13-19(27)26-15-17-11-7-4-8-12-17/h3-12,18,20-23,25,28H,13-15H2,1-2H3,(H,26,27)/t18-,20+,21-,22-,23-/m1/s1. The van der Waals surface area contributed by atoms with E-state index >= 15 is 0 Å². The van der Waals surface area contributed by atoms with Crippen LogP contribution in [0.15, 0.2) is 60.7 Å². The summed E-state index contributed by atoms with van der Waals surface area (Å²) in [5, 5.41) is 17.2. The van der Waals surface area contributed by atoms with Gasteiger partial charge in [-0.25, -0.2) is 0 Å². The Hall–Kier alpha value is -2.29. The van der Waals surface area contributed by atoms with Crippen LogP contribution in [0.5, 0.6) is 0 Å². The Balaban J connectivity index is 1.41. The van der Waals surface area contributed by atoms with Crippen LogP contribution in [0, 0.1) is 0 Å². The molecule has 2 fully saturated rings. The maximum absolute atomic E-state index is 12.7. The lowest BCUT2D eigenvalue weighted by molar-refractivity contribution is -0.218. The van der Waals surface area contributed by atoms with E-state index < -0.39 is 36.4 Å². The second-order valence-corrected chi connectivity index (χ2v) is 8.50. The molecule has 0 spiro atoms. The summed E-state index contributed by atoms with van der Waals surface area (Å²) in [4.78, 5) is 12.7. The van der Waals surface area contributed by atoms with E-state index in [0.29, 0.717) is 13.1 Å². The topological polar surface area (TPSA) is 89.1 Å². The average Bonchev–Trinajstić information content (AvgIpc) is 3.23. The van der Waals surface area contributed by atoms with Gasteiger partial charge >= 0.3 is 0 Å². The van der Waals surface area contributed by atoms with E-state index in [-0.39, 0.29) is 12.3 Å². The van der Waals surface area contributed by atoms with E-state index in [1.165, 1.54) is 0 Å². The molecule has 3 N–H and O–H groups in total. The molecule has 31 heavy (non-hydrogen) atoms. The molecule has 2 aliphatic rings. The molecule has 166 valence electrons. The molecule has 2 aromatic carbocycles. The van der Waals surface area contributed by atoms with Crippen molar-refractivity contribution < 1.29 is 24.1 Å². The number of hydrogen-bond donors (Lipinski definition) is 3. The summed E-state index contributed by atoms with van der Waals surface area (Å²) in [6, 6.07) is 19.2. The van der Waals surface area contributed by atoms with Gasteiger partial charge in [-0.3, -0.25) is 4.79 Å². The first-order valence-corrected chi connectivity index (χ1v) is 10.7.